The minimum atomic E-state index is -0.912. The van der Waals surface area contributed by atoms with Crippen molar-refractivity contribution >= 4 is 23.5 Å². The van der Waals surface area contributed by atoms with E-state index in [1.807, 2.05) is 0 Å². The summed E-state index contributed by atoms with van der Waals surface area (Å²) in [5.74, 6) is -1.20. The van der Waals surface area contributed by atoms with Crippen LogP contribution in [-0.2, 0) is 4.79 Å². The fourth-order valence-corrected chi connectivity index (χ4v) is 2.60. The maximum atomic E-state index is 12.9. The van der Waals surface area contributed by atoms with E-state index in [1.54, 1.807) is 24.3 Å². The van der Waals surface area contributed by atoms with Crippen LogP contribution >= 0.6 is 0 Å². The summed E-state index contributed by atoms with van der Waals surface area (Å²) >= 11 is 0. The Hall–Kier alpha value is -3.62. The van der Waals surface area contributed by atoms with E-state index >= 15 is 0 Å². The van der Waals surface area contributed by atoms with E-state index in [9.17, 15) is 18.8 Å². The molecule has 1 atom stereocenters. The van der Waals surface area contributed by atoms with Crippen LogP contribution in [0.2, 0.25) is 0 Å². The largest absolute Gasteiger partial charge is 0.481 e. The van der Waals surface area contributed by atoms with Gasteiger partial charge in [0.2, 0.25) is 0 Å². The number of nitrogens with zero attached hydrogens (tertiary/aromatic N) is 1. The first kappa shape index (κ1) is 19.2. The van der Waals surface area contributed by atoms with E-state index in [0.717, 1.165) is 0 Å². The summed E-state index contributed by atoms with van der Waals surface area (Å²) in [4.78, 5) is 37.6. The van der Waals surface area contributed by atoms with Crippen LogP contribution in [0, 0.1) is 5.82 Å². The number of hydrogen-bond donors (Lipinski definition) is 3. The Labute approximate surface area is 160 Å². The van der Waals surface area contributed by atoms with Gasteiger partial charge in [-0.1, -0.05) is 6.07 Å². The molecule has 0 bridgehead atoms. The van der Waals surface area contributed by atoms with Crippen molar-refractivity contribution in [3.63, 3.8) is 0 Å². The fourth-order valence-electron chi connectivity index (χ4n) is 2.60. The Morgan fingerprint density at radius 3 is 2.61 bits per heavy atom. The van der Waals surface area contributed by atoms with Gasteiger partial charge < -0.3 is 10.1 Å². The minimum absolute atomic E-state index is 0.224. The molecule has 4 amide bonds. The van der Waals surface area contributed by atoms with Crippen molar-refractivity contribution in [3.05, 3.63) is 59.9 Å². The quantitative estimate of drug-likeness (QED) is 0.680. The fraction of sp³-hybridized carbons (Fsp3) is 0.211. The van der Waals surface area contributed by atoms with E-state index in [2.05, 4.69) is 16.2 Å². The number of anilines is 1. The van der Waals surface area contributed by atoms with Gasteiger partial charge in [0.05, 0.1) is 0 Å². The monoisotopic (exact) mass is 386 g/mol. The molecule has 1 fully saturated rings. The van der Waals surface area contributed by atoms with Gasteiger partial charge in [-0.2, -0.15) is 0 Å². The predicted octanol–water partition coefficient (Wildman–Crippen LogP) is 1.58. The molecule has 1 aliphatic rings. The molecule has 1 unspecified atom stereocenters. The topological polar surface area (TPSA) is 99.8 Å². The summed E-state index contributed by atoms with van der Waals surface area (Å²) in [7, 11) is 0. The number of carbonyl (C=O) groups is 3. The number of halogens is 1. The van der Waals surface area contributed by atoms with Crippen LogP contribution in [0.3, 0.4) is 0 Å². The number of hydrazine groups is 1. The molecule has 0 aromatic heterocycles. The number of ether oxygens (including phenoxy) is 1. The zero-order valence-electron chi connectivity index (χ0n) is 15.1. The SMILES string of the molecule is CC(Oc1ccc(F)cc1)C(=O)NNC(=O)c1cccc(N2CCNC2=O)c1. The average molecular weight is 386 g/mol. The summed E-state index contributed by atoms with van der Waals surface area (Å²) in [6, 6.07) is 11.5. The normalized spacial score (nSPS) is 14.2. The van der Waals surface area contributed by atoms with Gasteiger partial charge in [-0.15, -0.1) is 0 Å². The second-order valence-corrected chi connectivity index (χ2v) is 6.09. The molecule has 1 heterocycles. The molecule has 0 spiro atoms. The third kappa shape index (κ3) is 4.56. The van der Waals surface area contributed by atoms with Gasteiger partial charge in [0, 0.05) is 24.3 Å². The highest BCUT2D eigenvalue weighted by Gasteiger charge is 2.22. The third-order valence-corrected chi connectivity index (χ3v) is 4.07. The summed E-state index contributed by atoms with van der Waals surface area (Å²) < 4.78 is 18.3. The summed E-state index contributed by atoms with van der Waals surface area (Å²) in [5, 5.41) is 2.69. The molecule has 0 radical (unpaired) electrons. The number of rotatable bonds is 5. The van der Waals surface area contributed by atoms with Gasteiger partial charge in [0.1, 0.15) is 11.6 Å². The number of nitrogens with one attached hydrogen (secondary N) is 3. The van der Waals surface area contributed by atoms with Gasteiger partial charge in [-0.05, 0) is 49.4 Å². The molecule has 9 heteroatoms. The van der Waals surface area contributed by atoms with Crippen molar-refractivity contribution in [2.75, 3.05) is 18.0 Å². The zero-order valence-corrected chi connectivity index (χ0v) is 15.1. The molecule has 3 rings (SSSR count). The van der Waals surface area contributed by atoms with Crippen molar-refractivity contribution in [2.24, 2.45) is 0 Å². The molecule has 2 aromatic rings. The number of amides is 4. The lowest BCUT2D eigenvalue weighted by atomic mass is 10.2. The van der Waals surface area contributed by atoms with E-state index in [4.69, 9.17) is 4.74 Å². The van der Waals surface area contributed by atoms with Crippen molar-refractivity contribution in [1.29, 1.82) is 0 Å². The summed E-state index contributed by atoms with van der Waals surface area (Å²) in [6.07, 6.45) is -0.912. The van der Waals surface area contributed by atoms with Crippen molar-refractivity contribution in [1.82, 2.24) is 16.2 Å². The second kappa shape index (κ2) is 8.38. The Balaban J connectivity index is 1.55. The Bertz CT molecular complexity index is 888. The van der Waals surface area contributed by atoms with Gasteiger partial charge in [0.25, 0.3) is 11.8 Å². The van der Waals surface area contributed by atoms with Crippen molar-refractivity contribution in [3.8, 4) is 5.75 Å². The number of urea groups is 1. The van der Waals surface area contributed by atoms with Crippen LogP contribution in [0.4, 0.5) is 14.9 Å². The molecule has 1 saturated heterocycles. The lowest BCUT2D eigenvalue weighted by molar-refractivity contribution is -0.128. The average Bonchev–Trinajstić information content (AvgIpc) is 3.13. The lowest BCUT2D eigenvalue weighted by Crippen LogP contribution is -2.47. The lowest BCUT2D eigenvalue weighted by Gasteiger charge is -2.16. The zero-order chi connectivity index (χ0) is 20.1. The number of benzene rings is 2. The van der Waals surface area contributed by atoms with Gasteiger partial charge in [-0.3, -0.25) is 25.3 Å². The smallest absolute Gasteiger partial charge is 0.321 e. The minimum Gasteiger partial charge on any atom is -0.481 e. The highest BCUT2D eigenvalue weighted by Crippen LogP contribution is 2.18. The Morgan fingerprint density at radius 1 is 1.18 bits per heavy atom. The van der Waals surface area contributed by atoms with Crippen LogP contribution in [-0.4, -0.2) is 37.0 Å². The number of hydrogen-bond acceptors (Lipinski definition) is 4. The first-order valence-electron chi connectivity index (χ1n) is 8.62. The molecule has 8 nitrogen and oxygen atoms in total. The molecular formula is C19H19FN4O4. The highest BCUT2D eigenvalue weighted by molar-refractivity contribution is 5.99. The molecule has 28 heavy (non-hydrogen) atoms. The van der Waals surface area contributed by atoms with Crippen molar-refractivity contribution in [2.45, 2.75) is 13.0 Å². The molecule has 3 N–H and O–H groups in total. The van der Waals surface area contributed by atoms with Crippen LogP contribution in [0.5, 0.6) is 5.75 Å². The third-order valence-electron chi connectivity index (χ3n) is 4.07. The predicted molar refractivity (Wildman–Crippen MR) is 99.3 cm³/mol. The Kier molecular flexibility index (Phi) is 5.73. The van der Waals surface area contributed by atoms with E-state index < -0.39 is 23.7 Å². The van der Waals surface area contributed by atoms with E-state index in [-0.39, 0.29) is 11.6 Å². The molecule has 1 aliphatic heterocycles. The first-order valence-corrected chi connectivity index (χ1v) is 8.62. The first-order chi connectivity index (χ1) is 13.4. The van der Waals surface area contributed by atoms with Crippen molar-refractivity contribution < 1.29 is 23.5 Å². The molecule has 0 aliphatic carbocycles. The molecule has 2 aromatic carbocycles. The highest BCUT2D eigenvalue weighted by atomic mass is 19.1. The Morgan fingerprint density at radius 2 is 1.93 bits per heavy atom. The standard InChI is InChI=1S/C19H19FN4O4/c1-12(28-16-7-5-14(20)6-8-16)17(25)22-23-18(26)13-3-2-4-15(11-13)24-10-9-21-19(24)27/h2-8,11-12H,9-10H2,1H3,(H,21,27)(H,22,25)(H,23,26). The van der Waals surface area contributed by atoms with E-state index in [0.29, 0.717) is 24.5 Å². The molecule has 0 saturated carbocycles. The van der Waals surface area contributed by atoms with Gasteiger partial charge in [-0.25, -0.2) is 9.18 Å². The van der Waals surface area contributed by atoms with Gasteiger partial charge >= 0.3 is 6.03 Å². The maximum absolute atomic E-state index is 12.9. The molecule has 146 valence electrons. The number of carbonyl (C=O) groups excluding carboxylic acids is 3. The summed E-state index contributed by atoms with van der Waals surface area (Å²) in [5.41, 5.74) is 5.45. The second-order valence-electron chi connectivity index (χ2n) is 6.09. The maximum Gasteiger partial charge on any atom is 0.321 e. The summed E-state index contributed by atoms with van der Waals surface area (Å²) in [6.45, 7) is 2.55. The molecular weight excluding hydrogens is 367 g/mol. The van der Waals surface area contributed by atoms with Crippen LogP contribution in [0.15, 0.2) is 48.5 Å². The van der Waals surface area contributed by atoms with Crippen LogP contribution in [0.25, 0.3) is 0 Å². The van der Waals surface area contributed by atoms with E-state index in [1.165, 1.54) is 36.1 Å². The van der Waals surface area contributed by atoms with Gasteiger partial charge in [0.15, 0.2) is 6.10 Å². The van der Waals surface area contributed by atoms with Crippen LogP contribution in [0.1, 0.15) is 17.3 Å². The van der Waals surface area contributed by atoms with Crippen LogP contribution < -0.4 is 25.8 Å².